The number of ether oxygens (including phenoxy) is 1. The van der Waals surface area contributed by atoms with Gasteiger partial charge < -0.3 is 4.74 Å². The van der Waals surface area contributed by atoms with Gasteiger partial charge in [-0.1, -0.05) is 23.2 Å². The second-order valence-electron chi connectivity index (χ2n) is 4.29. The summed E-state index contributed by atoms with van der Waals surface area (Å²) in [6.07, 6.45) is 3.20. The number of hydrogen-bond donors (Lipinski definition) is 0. The second kappa shape index (κ2) is 6.06. The van der Waals surface area contributed by atoms with Crippen molar-refractivity contribution in [3.63, 3.8) is 0 Å². The molecule has 0 radical (unpaired) electrons. The SMILES string of the molecule is ClCc1cc(Oc2ccc(Cl)c3cccnc23)ncc1Cl. The van der Waals surface area contributed by atoms with E-state index in [2.05, 4.69) is 9.97 Å². The van der Waals surface area contributed by atoms with Gasteiger partial charge in [0, 0.05) is 29.7 Å². The van der Waals surface area contributed by atoms with Crippen molar-refractivity contribution in [1.82, 2.24) is 9.97 Å². The van der Waals surface area contributed by atoms with Gasteiger partial charge in [0.2, 0.25) is 5.88 Å². The summed E-state index contributed by atoms with van der Waals surface area (Å²) in [5.41, 5.74) is 1.43. The zero-order valence-electron chi connectivity index (χ0n) is 10.7. The van der Waals surface area contributed by atoms with E-state index in [1.807, 2.05) is 12.1 Å². The van der Waals surface area contributed by atoms with Crippen LogP contribution in [0.2, 0.25) is 10.0 Å². The van der Waals surface area contributed by atoms with E-state index in [0.29, 0.717) is 27.2 Å². The summed E-state index contributed by atoms with van der Waals surface area (Å²) in [4.78, 5) is 8.45. The molecule has 0 unspecified atom stereocenters. The molecule has 0 aliphatic carbocycles. The minimum Gasteiger partial charge on any atom is -0.437 e. The first-order valence-corrected chi connectivity index (χ1v) is 7.39. The Hall–Kier alpha value is -1.55. The predicted octanol–water partition coefficient (Wildman–Crippen LogP) is 5.47. The van der Waals surface area contributed by atoms with Gasteiger partial charge in [-0.25, -0.2) is 4.98 Å². The third-order valence-corrected chi connectivity index (χ3v) is 3.91. The highest BCUT2D eigenvalue weighted by molar-refractivity contribution is 6.35. The molecular weight excluding hydrogens is 331 g/mol. The van der Waals surface area contributed by atoms with Crippen molar-refractivity contribution in [3.8, 4) is 11.6 Å². The molecule has 0 aliphatic rings. The van der Waals surface area contributed by atoms with Crippen LogP contribution in [-0.2, 0) is 5.88 Å². The first-order chi connectivity index (χ1) is 10.2. The van der Waals surface area contributed by atoms with Crippen LogP contribution in [0, 0.1) is 0 Å². The van der Waals surface area contributed by atoms with E-state index >= 15 is 0 Å². The van der Waals surface area contributed by atoms with Crippen molar-refractivity contribution >= 4 is 45.7 Å². The van der Waals surface area contributed by atoms with Crippen LogP contribution in [0.3, 0.4) is 0 Å². The maximum Gasteiger partial charge on any atom is 0.219 e. The number of rotatable bonds is 3. The molecule has 21 heavy (non-hydrogen) atoms. The standard InChI is InChI=1S/C15H9Cl3N2O/c16-7-9-6-14(20-8-12(9)18)21-13-4-3-11(17)10-2-1-5-19-15(10)13/h1-6,8H,7H2. The van der Waals surface area contributed by atoms with E-state index in [1.54, 1.807) is 24.4 Å². The third-order valence-electron chi connectivity index (χ3n) is 2.95. The smallest absolute Gasteiger partial charge is 0.219 e. The number of pyridine rings is 2. The van der Waals surface area contributed by atoms with Crippen LogP contribution in [0.15, 0.2) is 42.7 Å². The van der Waals surface area contributed by atoms with E-state index in [9.17, 15) is 0 Å². The summed E-state index contributed by atoms with van der Waals surface area (Å²) in [6.45, 7) is 0. The molecule has 0 saturated heterocycles. The van der Waals surface area contributed by atoms with E-state index in [4.69, 9.17) is 39.5 Å². The molecule has 106 valence electrons. The zero-order valence-corrected chi connectivity index (χ0v) is 13.0. The molecule has 0 saturated carbocycles. The zero-order chi connectivity index (χ0) is 14.8. The molecule has 3 rings (SSSR count). The maximum absolute atomic E-state index is 6.15. The van der Waals surface area contributed by atoms with E-state index in [0.717, 1.165) is 10.9 Å². The molecule has 3 aromatic rings. The number of halogens is 3. The highest BCUT2D eigenvalue weighted by Gasteiger charge is 2.10. The van der Waals surface area contributed by atoms with Crippen molar-refractivity contribution in [1.29, 1.82) is 0 Å². The Labute approximate surface area is 136 Å². The lowest BCUT2D eigenvalue weighted by atomic mass is 10.2. The van der Waals surface area contributed by atoms with Gasteiger partial charge in [-0.2, -0.15) is 0 Å². The summed E-state index contributed by atoms with van der Waals surface area (Å²) in [5.74, 6) is 1.27. The second-order valence-corrected chi connectivity index (χ2v) is 5.38. The fourth-order valence-electron chi connectivity index (χ4n) is 1.92. The molecule has 0 amide bonds. The molecular formula is C15H9Cl3N2O. The van der Waals surface area contributed by atoms with Crippen molar-refractivity contribution < 1.29 is 4.74 Å². The minimum absolute atomic E-state index is 0.289. The summed E-state index contributed by atoms with van der Waals surface area (Å²) in [7, 11) is 0. The Morgan fingerprint density at radius 3 is 2.71 bits per heavy atom. The van der Waals surface area contributed by atoms with E-state index < -0.39 is 0 Å². The minimum atomic E-state index is 0.289. The Morgan fingerprint density at radius 1 is 1.05 bits per heavy atom. The van der Waals surface area contributed by atoms with Crippen molar-refractivity contribution in [2.75, 3.05) is 0 Å². The van der Waals surface area contributed by atoms with Crippen LogP contribution >= 0.6 is 34.8 Å². The normalized spacial score (nSPS) is 10.8. The van der Waals surface area contributed by atoms with Gasteiger partial charge in [-0.15, -0.1) is 11.6 Å². The topological polar surface area (TPSA) is 35.0 Å². The first-order valence-electron chi connectivity index (χ1n) is 6.10. The predicted molar refractivity (Wildman–Crippen MR) is 85.6 cm³/mol. The molecule has 0 fully saturated rings. The third kappa shape index (κ3) is 2.91. The number of aromatic nitrogens is 2. The summed E-state index contributed by atoms with van der Waals surface area (Å²) in [6, 6.07) is 8.94. The lowest BCUT2D eigenvalue weighted by Crippen LogP contribution is -1.92. The Morgan fingerprint density at radius 2 is 1.90 bits per heavy atom. The molecule has 0 N–H and O–H groups in total. The molecule has 0 atom stereocenters. The van der Waals surface area contributed by atoms with Crippen LogP contribution in [0.25, 0.3) is 10.9 Å². The molecule has 3 nitrogen and oxygen atoms in total. The Balaban J connectivity index is 2.04. The highest BCUT2D eigenvalue weighted by atomic mass is 35.5. The van der Waals surface area contributed by atoms with E-state index in [-0.39, 0.29) is 5.88 Å². The number of alkyl halides is 1. The van der Waals surface area contributed by atoms with Gasteiger partial charge in [0.05, 0.1) is 10.0 Å². The molecule has 0 bridgehead atoms. The lowest BCUT2D eigenvalue weighted by Gasteiger charge is -2.09. The van der Waals surface area contributed by atoms with Gasteiger partial charge in [-0.05, 0) is 29.8 Å². The van der Waals surface area contributed by atoms with Gasteiger partial charge >= 0.3 is 0 Å². The summed E-state index contributed by atoms with van der Waals surface area (Å²) >= 11 is 18.0. The fraction of sp³-hybridized carbons (Fsp3) is 0.0667. The number of hydrogen-bond acceptors (Lipinski definition) is 3. The number of benzene rings is 1. The monoisotopic (exact) mass is 338 g/mol. The van der Waals surface area contributed by atoms with Crippen LogP contribution in [0.5, 0.6) is 11.6 Å². The summed E-state index contributed by atoms with van der Waals surface area (Å²) < 4.78 is 5.79. The summed E-state index contributed by atoms with van der Waals surface area (Å²) in [5, 5.41) is 1.95. The van der Waals surface area contributed by atoms with Gasteiger partial charge in [0.25, 0.3) is 0 Å². The van der Waals surface area contributed by atoms with Crippen molar-refractivity contribution in [2.24, 2.45) is 0 Å². The average molecular weight is 340 g/mol. The largest absolute Gasteiger partial charge is 0.437 e. The Bertz CT molecular complexity index is 808. The first kappa shape index (κ1) is 14.4. The van der Waals surface area contributed by atoms with E-state index in [1.165, 1.54) is 6.20 Å². The highest BCUT2D eigenvalue weighted by Crippen LogP contribution is 2.33. The van der Waals surface area contributed by atoms with Crippen LogP contribution < -0.4 is 4.74 Å². The van der Waals surface area contributed by atoms with Gasteiger partial charge in [0.15, 0.2) is 5.75 Å². The average Bonchev–Trinajstić information content (AvgIpc) is 2.52. The van der Waals surface area contributed by atoms with Crippen molar-refractivity contribution in [2.45, 2.75) is 5.88 Å². The van der Waals surface area contributed by atoms with Crippen LogP contribution in [-0.4, -0.2) is 9.97 Å². The molecule has 2 heterocycles. The number of fused-ring (bicyclic) bond motifs is 1. The number of nitrogens with zero attached hydrogens (tertiary/aromatic N) is 2. The van der Waals surface area contributed by atoms with Gasteiger partial charge in [0.1, 0.15) is 5.52 Å². The quantitative estimate of drug-likeness (QED) is 0.594. The van der Waals surface area contributed by atoms with Crippen LogP contribution in [0.1, 0.15) is 5.56 Å². The molecule has 6 heteroatoms. The fourth-order valence-corrected chi connectivity index (χ4v) is 2.60. The maximum atomic E-state index is 6.15. The molecule has 2 aromatic heterocycles. The molecule has 0 spiro atoms. The Kier molecular flexibility index (Phi) is 4.15. The van der Waals surface area contributed by atoms with Crippen LogP contribution in [0.4, 0.5) is 0 Å². The molecule has 0 aliphatic heterocycles. The lowest BCUT2D eigenvalue weighted by molar-refractivity contribution is 0.466. The molecule has 1 aromatic carbocycles. The van der Waals surface area contributed by atoms with Crippen molar-refractivity contribution in [3.05, 3.63) is 58.3 Å². The van der Waals surface area contributed by atoms with Gasteiger partial charge in [-0.3, -0.25) is 4.98 Å².